The molecule has 0 saturated carbocycles. The van der Waals surface area contributed by atoms with Crippen LogP contribution in [0.4, 0.5) is 0 Å². The fraction of sp³-hybridized carbons (Fsp3) is 0.167. The Hall–Kier alpha value is -3.35. The van der Waals surface area contributed by atoms with Crippen molar-refractivity contribution in [3.05, 3.63) is 70.3 Å². The van der Waals surface area contributed by atoms with E-state index in [-0.39, 0.29) is 23.8 Å². The van der Waals surface area contributed by atoms with Gasteiger partial charge in [-0.1, -0.05) is 12.1 Å². The lowest BCUT2D eigenvalue weighted by molar-refractivity contribution is 0.0782. The van der Waals surface area contributed by atoms with E-state index in [1.807, 2.05) is 18.2 Å². The Kier molecular flexibility index (Phi) is 3.61. The van der Waals surface area contributed by atoms with E-state index in [4.69, 9.17) is 9.47 Å². The van der Waals surface area contributed by atoms with Gasteiger partial charge in [-0.05, 0) is 29.8 Å². The van der Waals surface area contributed by atoms with Crippen LogP contribution in [0, 0.1) is 0 Å². The molecule has 0 spiro atoms. The summed E-state index contributed by atoms with van der Waals surface area (Å²) in [6, 6.07) is 10.7. The van der Waals surface area contributed by atoms with E-state index in [1.54, 1.807) is 31.4 Å². The molecule has 2 aromatic heterocycles. The molecule has 1 amide bonds. The van der Waals surface area contributed by atoms with E-state index in [0.717, 1.165) is 5.56 Å². The number of aromatic nitrogens is 2. The van der Waals surface area contributed by atoms with Gasteiger partial charge in [0.2, 0.25) is 6.79 Å². The quantitative estimate of drug-likeness (QED) is 0.727. The summed E-state index contributed by atoms with van der Waals surface area (Å²) < 4.78 is 12.0. The van der Waals surface area contributed by atoms with E-state index in [1.165, 1.54) is 15.5 Å². The number of carbonyl (C=O) groups is 1. The van der Waals surface area contributed by atoms with Gasteiger partial charge in [-0.15, -0.1) is 0 Å². The van der Waals surface area contributed by atoms with Gasteiger partial charge >= 0.3 is 0 Å². The van der Waals surface area contributed by atoms with E-state index in [0.29, 0.717) is 23.7 Å². The van der Waals surface area contributed by atoms with Gasteiger partial charge in [-0.25, -0.2) is 4.98 Å². The molecule has 126 valence electrons. The third-order valence-electron chi connectivity index (χ3n) is 4.05. The third kappa shape index (κ3) is 2.69. The van der Waals surface area contributed by atoms with Crippen LogP contribution in [0.15, 0.2) is 53.6 Å². The number of hydrogen-bond donors (Lipinski definition) is 0. The molecule has 1 aliphatic rings. The van der Waals surface area contributed by atoms with Crippen molar-refractivity contribution in [3.63, 3.8) is 0 Å². The Balaban J connectivity index is 1.60. The highest BCUT2D eigenvalue weighted by Gasteiger charge is 2.19. The Bertz CT molecular complexity index is 1030. The molecule has 0 radical (unpaired) electrons. The minimum absolute atomic E-state index is 0.0342. The standard InChI is InChI=1S/C18H15N3O4/c1-20(10-12-5-6-14-15(8-12)25-11-24-14)17(22)13-9-19-16-4-2-3-7-21(16)18(13)23/h2-9H,10-11H2,1H3. The van der Waals surface area contributed by atoms with Crippen molar-refractivity contribution in [1.82, 2.24) is 14.3 Å². The van der Waals surface area contributed by atoms with Crippen molar-refractivity contribution in [2.24, 2.45) is 0 Å². The fourth-order valence-electron chi connectivity index (χ4n) is 2.76. The number of nitrogens with zero attached hydrogens (tertiary/aromatic N) is 3. The van der Waals surface area contributed by atoms with Crippen LogP contribution in [-0.2, 0) is 6.54 Å². The molecule has 1 aliphatic heterocycles. The average Bonchev–Trinajstić information content (AvgIpc) is 3.09. The van der Waals surface area contributed by atoms with Gasteiger partial charge in [-0.3, -0.25) is 14.0 Å². The van der Waals surface area contributed by atoms with Crippen LogP contribution in [-0.4, -0.2) is 34.0 Å². The molecule has 25 heavy (non-hydrogen) atoms. The Labute approximate surface area is 143 Å². The number of pyridine rings is 1. The van der Waals surface area contributed by atoms with Crippen LogP contribution in [0.5, 0.6) is 11.5 Å². The SMILES string of the molecule is CN(Cc1ccc2c(c1)OCO2)C(=O)c1cnc2ccccn2c1=O. The molecule has 0 aliphatic carbocycles. The largest absolute Gasteiger partial charge is 0.454 e. The number of benzene rings is 1. The van der Waals surface area contributed by atoms with Gasteiger partial charge in [0.1, 0.15) is 11.2 Å². The van der Waals surface area contributed by atoms with Crippen LogP contribution in [0.1, 0.15) is 15.9 Å². The maximum absolute atomic E-state index is 12.7. The lowest BCUT2D eigenvalue weighted by Gasteiger charge is -2.17. The second kappa shape index (κ2) is 5.94. The first-order valence-corrected chi connectivity index (χ1v) is 7.74. The normalized spacial score (nSPS) is 12.4. The topological polar surface area (TPSA) is 73.1 Å². The zero-order valence-corrected chi connectivity index (χ0v) is 13.5. The predicted octanol–water partition coefficient (Wildman–Crippen LogP) is 1.70. The van der Waals surface area contributed by atoms with Gasteiger partial charge < -0.3 is 14.4 Å². The lowest BCUT2D eigenvalue weighted by atomic mass is 10.2. The summed E-state index contributed by atoms with van der Waals surface area (Å²) >= 11 is 0. The van der Waals surface area contributed by atoms with Gasteiger partial charge in [0.15, 0.2) is 11.5 Å². The predicted molar refractivity (Wildman–Crippen MR) is 89.8 cm³/mol. The van der Waals surface area contributed by atoms with Crippen molar-refractivity contribution in [1.29, 1.82) is 0 Å². The number of amides is 1. The molecule has 1 aromatic carbocycles. The van der Waals surface area contributed by atoms with Crippen molar-refractivity contribution < 1.29 is 14.3 Å². The minimum atomic E-state index is -0.381. The van der Waals surface area contributed by atoms with Crippen LogP contribution < -0.4 is 15.0 Å². The first kappa shape index (κ1) is 15.2. The van der Waals surface area contributed by atoms with Gasteiger partial charge in [-0.2, -0.15) is 0 Å². The zero-order chi connectivity index (χ0) is 17.4. The first-order valence-electron chi connectivity index (χ1n) is 7.74. The zero-order valence-electron chi connectivity index (χ0n) is 13.5. The molecular formula is C18H15N3O4. The Morgan fingerprint density at radius 3 is 2.96 bits per heavy atom. The molecule has 0 saturated heterocycles. The number of rotatable bonds is 3. The third-order valence-corrected chi connectivity index (χ3v) is 4.05. The highest BCUT2D eigenvalue weighted by molar-refractivity contribution is 5.93. The van der Waals surface area contributed by atoms with Crippen molar-refractivity contribution in [2.45, 2.75) is 6.54 Å². The highest BCUT2D eigenvalue weighted by atomic mass is 16.7. The van der Waals surface area contributed by atoms with Crippen LogP contribution in [0.3, 0.4) is 0 Å². The molecule has 0 bridgehead atoms. The van der Waals surface area contributed by atoms with Crippen molar-refractivity contribution >= 4 is 11.6 Å². The average molecular weight is 337 g/mol. The number of fused-ring (bicyclic) bond motifs is 2. The van der Waals surface area contributed by atoms with Gasteiger partial charge in [0.05, 0.1) is 0 Å². The van der Waals surface area contributed by atoms with E-state index in [9.17, 15) is 9.59 Å². The maximum Gasteiger partial charge on any atom is 0.270 e. The Morgan fingerprint density at radius 1 is 1.24 bits per heavy atom. The summed E-state index contributed by atoms with van der Waals surface area (Å²) in [6.45, 7) is 0.541. The summed E-state index contributed by atoms with van der Waals surface area (Å²) in [5.74, 6) is 0.967. The second-order valence-electron chi connectivity index (χ2n) is 5.75. The maximum atomic E-state index is 12.7. The molecule has 0 fully saturated rings. The number of ether oxygens (including phenoxy) is 2. The summed E-state index contributed by atoms with van der Waals surface area (Å²) in [5.41, 5.74) is 1.04. The Morgan fingerprint density at radius 2 is 2.08 bits per heavy atom. The van der Waals surface area contributed by atoms with Gasteiger partial charge in [0.25, 0.3) is 11.5 Å². The molecule has 7 nitrogen and oxygen atoms in total. The molecule has 0 atom stereocenters. The molecule has 0 unspecified atom stereocenters. The molecule has 4 rings (SSSR count). The second-order valence-corrected chi connectivity index (χ2v) is 5.75. The monoisotopic (exact) mass is 337 g/mol. The minimum Gasteiger partial charge on any atom is -0.454 e. The fourth-order valence-corrected chi connectivity index (χ4v) is 2.76. The number of hydrogen-bond acceptors (Lipinski definition) is 5. The number of carbonyl (C=O) groups excluding carboxylic acids is 1. The van der Waals surface area contributed by atoms with Crippen LogP contribution in [0.25, 0.3) is 5.65 Å². The van der Waals surface area contributed by atoms with Gasteiger partial charge in [0, 0.05) is 26.0 Å². The van der Waals surface area contributed by atoms with E-state index < -0.39 is 0 Å². The van der Waals surface area contributed by atoms with E-state index in [2.05, 4.69) is 4.98 Å². The van der Waals surface area contributed by atoms with E-state index >= 15 is 0 Å². The van der Waals surface area contributed by atoms with Crippen LogP contribution in [0.2, 0.25) is 0 Å². The van der Waals surface area contributed by atoms with Crippen LogP contribution >= 0.6 is 0 Å². The summed E-state index contributed by atoms with van der Waals surface area (Å²) in [6.07, 6.45) is 2.93. The lowest BCUT2D eigenvalue weighted by Crippen LogP contribution is -2.32. The molecule has 7 heteroatoms. The summed E-state index contributed by atoms with van der Waals surface area (Å²) in [4.78, 5) is 30.8. The smallest absolute Gasteiger partial charge is 0.270 e. The molecule has 3 heterocycles. The molecular weight excluding hydrogens is 322 g/mol. The summed E-state index contributed by atoms with van der Waals surface area (Å²) in [5, 5.41) is 0. The molecule has 3 aromatic rings. The molecule has 0 N–H and O–H groups in total. The van der Waals surface area contributed by atoms with Crippen molar-refractivity contribution in [3.8, 4) is 11.5 Å². The highest BCUT2D eigenvalue weighted by Crippen LogP contribution is 2.32. The first-order chi connectivity index (χ1) is 12.1. The van der Waals surface area contributed by atoms with Crippen molar-refractivity contribution in [2.75, 3.05) is 13.8 Å². The summed E-state index contributed by atoms with van der Waals surface area (Å²) in [7, 11) is 1.65.